The number of rotatable bonds is 6. The van der Waals surface area contributed by atoms with E-state index >= 15 is 0 Å². The molecule has 1 aromatic rings. The summed E-state index contributed by atoms with van der Waals surface area (Å²) in [5.74, 6) is 0.706. The minimum atomic E-state index is -0.0682. The minimum Gasteiger partial charge on any atom is -0.384 e. The Hall–Kier alpha value is -2.03. The lowest BCUT2D eigenvalue weighted by Gasteiger charge is -2.40. The number of carbonyl (C=O) groups is 1. The fraction of sp³-hybridized carbons (Fsp3) is 0.450. The number of hydrogen-bond donors (Lipinski definition) is 2. The summed E-state index contributed by atoms with van der Waals surface area (Å²) in [6.45, 7) is 6.65. The van der Waals surface area contributed by atoms with E-state index < -0.39 is 0 Å². The van der Waals surface area contributed by atoms with Crippen molar-refractivity contribution in [1.82, 2.24) is 10.6 Å². The third-order valence-corrected chi connectivity index (χ3v) is 5.00. The van der Waals surface area contributed by atoms with Gasteiger partial charge in [-0.05, 0) is 43.2 Å². The van der Waals surface area contributed by atoms with Crippen molar-refractivity contribution in [2.24, 2.45) is 5.92 Å². The van der Waals surface area contributed by atoms with Gasteiger partial charge in [-0.1, -0.05) is 49.9 Å². The van der Waals surface area contributed by atoms with Crippen LogP contribution in [0.25, 0.3) is 0 Å². The minimum absolute atomic E-state index is 0.0520. The number of benzene rings is 1. The Morgan fingerprint density at radius 3 is 2.52 bits per heavy atom. The van der Waals surface area contributed by atoms with Crippen molar-refractivity contribution in [3.63, 3.8) is 0 Å². The third-order valence-electron chi connectivity index (χ3n) is 5.00. The van der Waals surface area contributed by atoms with E-state index in [4.69, 9.17) is 0 Å². The van der Waals surface area contributed by atoms with E-state index in [1.807, 2.05) is 6.07 Å². The van der Waals surface area contributed by atoms with Gasteiger partial charge in [0.1, 0.15) is 0 Å². The Kier molecular flexibility index (Phi) is 6.03. The lowest BCUT2D eigenvalue weighted by Crippen LogP contribution is -2.44. The monoisotopic (exact) mass is 312 g/mol. The van der Waals surface area contributed by atoms with Crippen molar-refractivity contribution < 1.29 is 4.79 Å². The Morgan fingerprint density at radius 1 is 1.30 bits per heavy atom. The highest BCUT2D eigenvalue weighted by atomic mass is 16.2. The van der Waals surface area contributed by atoms with Gasteiger partial charge in [0.15, 0.2) is 0 Å². The van der Waals surface area contributed by atoms with Gasteiger partial charge in [0.2, 0.25) is 0 Å². The molecule has 0 aliphatic heterocycles. The van der Waals surface area contributed by atoms with Gasteiger partial charge in [0.05, 0.1) is 5.70 Å². The van der Waals surface area contributed by atoms with Crippen LogP contribution in [-0.2, 0) is 10.2 Å². The SMILES string of the molecule is C=C/C=C(\NC)C(=O)NCC1(c2ccccc2)CCC(C)CC1. The molecular weight excluding hydrogens is 284 g/mol. The average Bonchev–Trinajstić information content (AvgIpc) is 2.60. The molecule has 0 heterocycles. The van der Waals surface area contributed by atoms with Gasteiger partial charge in [-0.2, -0.15) is 0 Å². The molecule has 0 bridgehead atoms. The largest absolute Gasteiger partial charge is 0.384 e. The normalized spacial score (nSPS) is 24.8. The molecule has 1 saturated carbocycles. The van der Waals surface area contributed by atoms with Crippen molar-refractivity contribution in [1.29, 1.82) is 0 Å². The van der Waals surface area contributed by atoms with Crippen LogP contribution < -0.4 is 10.6 Å². The van der Waals surface area contributed by atoms with Crippen molar-refractivity contribution in [3.8, 4) is 0 Å². The van der Waals surface area contributed by atoms with Gasteiger partial charge in [-0.3, -0.25) is 4.79 Å². The summed E-state index contributed by atoms with van der Waals surface area (Å²) < 4.78 is 0. The summed E-state index contributed by atoms with van der Waals surface area (Å²) in [5.41, 5.74) is 1.94. The molecule has 2 rings (SSSR count). The summed E-state index contributed by atoms with van der Waals surface area (Å²) in [5, 5.41) is 6.05. The molecule has 2 N–H and O–H groups in total. The molecule has 0 aromatic heterocycles. The Morgan fingerprint density at radius 2 is 1.96 bits per heavy atom. The number of hydrogen-bond acceptors (Lipinski definition) is 2. The first-order chi connectivity index (χ1) is 11.1. The fourth-order valence-electron chi connectivity index (χ4n) is 3.41. The van der Waals surface area contributed by atoms with Crippen LogP contribution in [0.1, 0.15) is 38.2 Å². The summed E-state index contributed by atoms with van der Waals surface area (Å²) >= 11 is 0. The van der Waals surface area contributed by atoms with Gasteiger partial charge in [0.25, 0.3) is 5.91 Å². The van der Waals surface area contributed by atoms with Gasteiger partial charge in [-0.25, -0.2) is 0 Å². The highest BCUT2D eigenvalue weighted by molar-refractivity contribution is 5.93. The molecule has 1 aliphatic rings. The second kappa shape index (κ2) is 8.00. The van der Waals surface area contributed by atoms with Crippen molar-refractivity contribution in [2.45, 2.75) is 38.0 Å². The quantitative estimate of drug-likeness (QED) is 0.623. The highest BCUT2D eigenvalue weighted by Crippen LogP contribution is 2.41. The molecule has 0 atom stereocenters. The second-order valence-electron chi connectivity index (χ2n) is 6.58. The predicted octanol–water partition coefficient (Wildman–Crippen LogP) is 3.54. The molecule has 0 unspecified atom stereocenters. The average molecular weight is 312 g/mol. The zero-order valence-corrected chi connectivity index (χ0v) is 14.3. The van der Waals surface area contributed by atoms with Crippen molar-refractivity contribution >= 4 is 5.91 Å². The van der Waals surface area contributed by atoms with Gasteiger partial charge in [0, 0.05) is 19.0 Å². The first-order valence-corrected chi connectivity index (χ1v) is 8.45. The van der Waals surface area contributed by atoms with Gasteiger partial charge in [-0.15, -0.1) is 0 Å². The van der Waals surface area contributed by atoms with E-state index in [-0.39, 0.29) is 11.3 Å². The molecular formula is C20H28N2O. The second-order valence-corrected chi connectivity index (χ2v) is 6.58. The van der Waals surface area contributed by atoms with E-state index in [1.54, 1.807) is 19.2 Å². The van der Waals surface area contributed by atoms with Crippen LogP contribution in [0, 0.1) is 5.92 Å². The van der Waals surface area contributed by atoms with Crippen LogP contribution in [0.4, 0.5) is 0 Å². The number of likely N-dealkylation sites (N-methyl/N-ethyl adjacent to an activating group) is 1. The highest BCUT2D eigenvalue weighted by Gasteiger charge is 2.36. The molecule has 1 aromatic carbocycles. The Bertz CT molecular complexity index is 554. The van der Waals surface area contributed by atoms with E-state index in [0.717, 1.165) is 18.8 Å². The predicted molar refractivity (Wildman–Crippen MR) is 96.1 cm³/mol. The number of amides is 1. The Balaban J connectivity index is 2.15. The maximum Gasteiger partial charge on any atom is 0.267 e. The molecule has 3 nitrogen and oxygen atoms in total. The molecule has 1 amide bonds. The molecule has 124 valence electrons. The summed E-state index contributed by atoms with van der Waals surface area (Å²) in [7, 11) is 1.75. The van der Waals surface area contributed by atoms with Crippen LogP contribution in [0.5, 0.6) is 0 Å². The van der Waals surface area contributed by atoms with Crippen LogP contribution >= 0.6 is 0 Å². The first kappa shape index (κ1) is 17.3. The molecule has 0 saturated heterocycles. The first-order valence-electron chi connectivity index (χ1n) is 8.45. The van der Waals surface area contributed by atoms with Gasteiger partial charge >= 0.3 is 0 Å². The van der Waals surface area contributed by atoms with Crippen LogP contribution in [0.3, 0.4) is 0 Å². The lowest BCUT2D eigenvalue weighted by atomic mass is 9.67. The molecule has 3 heteroatoms. The van der Waals surface area contributed by atoms with Crippen molar-refractivity contribution in [2.75, 3.05) is 13.6 Å². The lowest BCUT2D eigenvalue weighted by molar-refractivity contribution is -0.118. The fourth-order valence-corrected chi connectivity index (χ4v) is 3.41. The van der Waals surface area contributed by atoms with E-state index in [0.29, 0.717) is 12.2 Å². The van der Waals surface area contributed by atoms with E-state index in [1.165, 1.54) is 18.4 Å². The Labute approximate surface area is 139 Å². The molecule has 0 radical (unpaired) electrons. The van der Waals surface area contributed by atoms with Crippen LogP contribution in [-0.4, -0.2) is 19.5 Å². The summed E-state index contributed by atoms with van der Waals surface area (Å²) in [6.07, 6.45) is 8.00. The van der Waals surface area contributed by atoms with Gasteiger partial charge < -0.3 is 10.6 Å². The molecule has 0 spiro atoms. The molecule has 1 aliphatic carbocycles. The standard InChI is InChI=1S/C20H28N2O/c1-4-8-18(21-3)19(23)22-15-20(13-11-16(2)12-14-20)17-9-6-5-7-10-17/h4-10,16,21H,1,11-15H2,2-3H3,(H,22,23)/b18-8-. The van der Waals surface area contributed by atoms with Crippen LogP contribution in [0.2, 0.25) is 0 Å². The summed E-state index contributed by atoms with van der Waals surface area (Å²) in [6, 6.07) is 10.6. The van der Waals surface area contributed by atoms with Crippen molar-refractivity contribution in [3.05, 3.63) is 60.3 Å². The zero-order valence-electron chi connectivity index (χ0n) is 14.3. The number of allylic oxidation sites excluding steroid dienone is 2. The summed E-state index contributed by atoms with van der Waals surface area (Å²) in [4.78, 5) is 12.4. The van der Waals surface area contributed by atoms with Crippen LogP contribution in [0.15, 0.2) is 54.8 Å². The number of carbonyl (C=O) groups excluding carboxylic acids is 1. The van der Waals surface area contributed by atoms with E-state index in [9.17, 15) is 4.79 Å². The maximum absolute atomic E-state index is 12.4. The molecule has 1 fully saturated rings. The zero-order chi connectivity index (χ0) is 16.7. The third kappa shape index (κ3) is 4.25. The molecule has 23 heavy (non-hydrogen) atoms. The topological polar surface area (TPSA) is 41.1 Å². The number of nitrogens with one attached hydrogen (secondary N) is 2. The van der Waals surface area contributed by atoms with E-state index in [2.05, 4.69) is 48.4 Å². The maximum atomic E-state index is 12.4. The smallest absolute Gasteiger partial charge is 0.267 e.